The van der Waals surface area contributed by atoms with Gasteiger partial charge in [0.05, 0.1) is 10.2 Å². The summed E-state index contributed by atoms with van der Waals surface area (Å²) >= 11 is 1.69. The van der Waals surface area contributed by atoms with Crippen molar-refractivity contribution in [3.63, 3.8) is 0 Å². The van der Waals surface area contributed by atoms with E-state index in [1.165, 1.54) is 37.6 Å². The van der Waals surface area contributed by atoms with Crippen molar-refractivity contribution in [1.29, 1.82) is 0 Å². The average Bonchev–Trinajstić information content (AvgIpc) is 2.96. The number of unbranched alkanes of at least 4 members (excludes halogenated alkanes) is 5. The molecule has 0 fully saturated rings. The van der Waals surface area contributed by atoms with E-state index in [9.17, 15) is 5.11 Å². The van der Waals surface area contributed by atoms with Crippen LogP contribution in [0.1, 0.15) is 51.0 Å². The topological polar surface area (TPSA) is 37.5 Å². The standard InChI is InChI=1S/C21H28N2OS.ClH/c1-4-5-6-7-8-11-14-22-21-23(3)18-16-12-9-10-13-17(16)19(24)15(2)20(18)25-21;/h9-10,12-13,24H,4-8,11,14H2,1-3H3;1H/b22-21+;. The lowest BCUT2D eigenvalue weighted by molar-refractivity contribution is 0.478. The van der Waals surface area contributed by atoms with Crippen LogP contribution in [0.15, 0.2) is 29.3 Å². The SMILES string of the molecule is CCCCCCCC/N=c1/sc2c(C)c(O)c3ccccc3c2n1C.Cl. The quantitative estimate of drug-likeness (QED) is 0.485. The molecule has 0 aliphatic carbocycles. The van der Waals surface area contributed by atoms with Gasteiger partial charge in [0.25, 0.3) is 0 Å². The zero-order chi connectivity index (χ0) is 17.8. The zero-order valence-electron chi connectivity index (χ0n) is 15.9. The number of nitrogens with zero attached hydrogens (tertiary/aromatic N) is 2. The van der Waals surface area contributed by atoms with Crippen molar-refractivity contribution >= 4 is 44.7 Å². The number of phenols is 1. The highest BCUT2D eigenvalue weighted by atomic mass is 35.5. The van der Waals surface area contributed by atoms with Gasteiger partial charge in [-0.2, -0.15) is 0 Å². The molecular weight excluding hydrogens is 364 g/mol. The molecule has 142 valence electrons. The third-order valence-corrected chi connectivity index (χ3v) is 6.21. The van der Waals surface area contributed by atoms with Crippen molar-refractivity contribution in [1.82, 2.24) is 4.57 Å². The Balaban J connectivity index is 0.00000243. The minimum atomic E-state index is 0. The van der Waals surface area contributed by atoms with Crippen molar-refractivity contribution in [2.75, 3.05) is 6.54 Å². The van der Waals surface area contributed by atoms with Crippen molar-refractivity contribution in [3.8, 4) is 5.75 Å². The van der Waals surface area contributed by atoms with E-state index < -0.39 is 0 Å². The van der Waals surface area contributed by atoms with Crippen molar-refractivity contribution in [3.05, 3.63) is 34.6 Å². The number of hydrogen-bond donors (Lipinski definition) is 1. The lowest BCUT2D eigenvalue weighted by atomic mass is 10.0. The van der Waals surface area contributed by atoms with E-state index in [1.54, 1.807) is 11.3 Å². The lowest BCUT2D eigenvalue weighted by Gasteiger charge is -2.08. The molecule has 3 aromatic rings. The lowest BCUT2D eigenvalue weighted by Crippen LogP contribution is -2.11. The summed E-state index contributed by atoms with van der Waals surface area (Å²) in [4.78, 5) is 5.88. The number of rotatable bonds is 7. The molecule has 3 nitrogen and oxygen atoms in total. The number of phenolic OH excluding ortho intramolecular Hbond substituents is 1. The highest BCUT2D eigenvalue weighted by molar-refractivity contribution is 7.16. The van der Waals surface area contributed by atoms with Crippen molar-refractivity contribution < 1.29 is 5.11 Å². The number of benzene rings is 2. The molecule has 0 radical (unpaired) electrons. The Kier molecular flexibility index (Phi) is 7.54. The van der Waals surface area contributed by atoms with E-state index in [1.807, 2.05) is 25.1 Å². The highest BCUT2D eigenvalue weighted by Gasteiger charge is 2.14. The smallest absolute Gasteiger partial charge is 0.185 e. The van der Waals surface area contributed by atoms with Gasteiger partial charge in [-0.15, -0.1) is 12.4 Å². The summed E-state index contributed by atoms with van der Waals surface area (Å²) < 4.78 is 3.33. The molecule has 0 bridgehead atoms. The predicted molar refractivity (Wildman–Crippen MR) is 116 cm³/mol. The van der Waals surface area contributed by atoms with Crippen LogP contribution in [0.3, 0.4) is 0 Å². The van der Waals surface area contributed by atoms with Crippen LogP contribution in [0.5, 0.6) is 5.75 Å². The van der Waals surface area contributed by atoms with Gasteiger partial charge in [-0.1, -0.05) is 74.6 Å². The molecule has 1 heterocycles. The van der Waals surface area contributed by atoms with Crippen molar-refractivity contribution in [2.24, 2.45) is 12.0 Å². The van der Waals surface area contributed by atoms with Gasteiger partial charge in [0.1, 0.15) is 5.75 Å². The summed E-state index contributed by atoms with van der Waals surface area (Å²) in [6, 6.07) is 8.08. The Hall–Kier alpha value is -1.52. The Labute approximate surface area is 165 Å². The van der Waals surface area contributed by atoms with Gasteiger partial charge in [-0.25, -0.2) is 0 Å². The maximum absolute atomic E-state index is 10.5. The fraction of sp³-hybridized carbons (Fsp3) is 0.476. The van der Waals surface area contributed by atoms with Gasteiger partial charge >= 0.3 is 0 Å². The Morgan fingerprint density at radius 1 is 1.04 bits per heavy atom. The fourth-order valence-corrected chi connectivity index (χ4v) is 4.58. The monoisotopic (exact) mass is 392 g/mol. The van der Waals surface area contributed by atoms with Crippen molar-refractivity contribution in [2.45, 2.75) is 52.4 Å². The summed E-state index contributed by atoms with van der Waals surface area (Å²) in [5, 5.41) is 12.6. The van der Waals surface area contributed by atoms with Gasteiger partial charge in [-0.05, 0) is 13.3 Å². The summed E-state index contributed by atoms with van der Waals surface area (Å²) in [5.41, 5.74) is 2.13. The molecule has 0 saturated heterocycles. The molecule has 0 amide bonds. The van der Waals surface area contributed by atoms with Crippen LogP contribution in [0.25, 0.3) is 21.0 Å². The van der Waals surface area contributed by atoms with Gasteiger partial charge in [0.2, 0.25) is 0 Å². The fourth-order valence-electron chi connectivity index (χ4n) is 3.42. The normalized spacial score (nSPS) is 12.0. The molecule has 3 rings (SSSR count). The van der Waals surface area contributed by atoms with E-state index in [-0.39, 0.29) is 12.4 Å². The van der Waals surface area contributed by atoms with Crippen LogP contribution < -0.4 is 4.80 Å². The molecule has 0 spiro atoms. The molecule has 0 unspecified atom stereocenters. The minimum absolute atomic E-state index is 0. The molecule has 0 saturated carbocycles. The summed E-state index contributed by atoms with van der Waals surface area (Å²) in [6.07, 6.45) is 7.72. The van der Waals surface area contributed by atoms with Crippen LogP contribution in [0, 0.1) is 6.92 Å². The average molecular weight is 393 g/mol. The highest BCUT2D eigenvalue weighted by Crippen LogP contribution is 2.37. The number of aromatic hydroxyl groups is 1. The van der Waals surface area contributed by atoms with E-state index in [0.29, 0.717) is 5.75 Å². The van der Waals surface area contributed by atoms with E-state index in [4.69, 9.17) is 4.99 Å². The summed E-state index contributed by atoms with van der Waals surface area (Å²) in [5.74, 6) is 0.396. The second-order valence-corrected chi connectivity index (χ2v) is 7.77. The molecule has 1 aromatic heterocycles. The minimum Gasteiger partial charge on any atom is -0.507 e. The second-order valence-electron chi connectivity index (χ2n) is 6.79. The van der Waals surface area contributed by atoms with Gasteiger partial charge in [0.15, 0.2) is 4.80 Å². The molecule has 0 aliphatic rings. The van der Waals surface area contributed by atoms with Crippen LogP contribution in [-0.4, -0.2) is 16.2 Å². The third-order valence-electron chi connectivity index (χ3n) is 4.92. The molecule has 2 aromatic carbocycles. The van der Waals surface area contributed by atoms with Crippen LogP contribution in [0.2, 0.25) is 0 Å². The molecule has 1 N–H and O–H groups in total. The summed E-state index contributed by atoms with van der Waals surface area (Å²) in [7, 11) is 2.09. The largest absolute Gasteiger partial charge is 0.507 e. The molecule has 0 aliphatic heterocycles. The molecule has 0 atom stereocenters. The summed E-state index contributed by atoms with van der Waals surface area (Å²) in [6.45, 7) is 5.13. The number of fused-ring (bicyclic) bond motifs is 3. The van der Waals surface area contributed by atoms with Gasteiger partial charge in [-0.3, -0.25) is 4.99 Å². The van der Waals surface area contributed by atoms with Gasteiger partial charge < -0.3 is 9.67 Å². The Bertz CT molecular complexity index is 942. The van der Waals surface area contributed by atoms with E-state index in [2.05, 4.69) is 24.6 Å². The van der Waals surface area contributed by atoms with Crippen LogP contribution >= 0.6 is 23.7 Å². The van der Waals surface area contributed by atoms with Gasteiger partial charge in [0, 0.05) is 29.9 Å². The molecular formula is C21H29ClN2OS. The maximum atomic E-state index is 10.5. The first-order valence-electron chi connectivity index (χ1n) is 9.35. The first-order chi connectivity index (χ1) is 12.1. The third kappa shape index (κ3) is 4.07. The number of hydrogen-bond acceptors (Lipinski definition) is 3. The first kappa shape index (κ1) is 20.8. The van der Waals surface area contributed by atoms with E-state index in [0.717, 1.165) is 38.8 Å². The Morgan fingerprint density at radius 2 is 1.69 bits per heavy atom. The number of aryl methyl sites for hydroxylation is 2. The molecule has 26 heavy (non-hydrogen) atoms. The number of halogens is 1. The number of thiazole rings is 1. The van der Waals surface area contributed by atoms with E-state index >= 15 is 0 Å². The number of aromatic nitrogens is 1. The first-order valence-corrected chi connectivity index (χ1v) is 10.2. The Morgan fingerprint density at radius 3 is 2.42 bits per heavy atom. The molecule has 5 heteroatoms. The second kappa shape index (κ2) is 9.43. The zero-order valence-corrected chi connectivity index (χ0v) is 17.6. The maximum Gasteiger partial charge on any atom is 0.185 e. The van der Waals surface area contributed by atoms with Crippen LogP contribution in [-0.2, 0) is 7.05 Å². The van der Waals surface area contributed by atoms with Crippen LogP contribution in [0.4, 0.5) is 0 Å². The predicted octanol–water partition coefficient (Wildman–Crippen LogP) is 6.09.